The number of carbonyl (C=O) groups excluding carboxylic acids is 1. The molecule has 3 rings (SSSR count). The first-order chi connectivity index (χ1) is 12.0. The molecule has 1 aliphatic heterocycles. The van der Waals surface area contributed by atoms with Crippen LogP contribution in [0.5, 0.6) is 11.5 Å². The summed E-state index contributed by atoms with van der Waals surface area (Å²) in [5.74, 6) is 1.05. The van der Waals surface area contributed by atoms with E-state index in [0.29, 0.717) is 22.2 Å². The van der Waals surface area contributed by atoms with Crippen LogP contribution in [-0.4, -0.2) is 24.0 Å². The van der Waals surface area contributed by atoms with Gasteiger partial charge in [0, 0.05) is 17.4 Å². The summed E-state index contributed by atoms with van der Waals surface area (Å²) < 4.78 is 15.8. The number of benzene rings is 2. The molecule has 0 saturated heterocycles. The topological polar surface area (TPSA) is 68.8 Å². The van der Waals surface area contributed by atoms with Gasteiger partial charge in [0.1, 0.15) is 0 Å². The summed E-state index contributed by atoms with van der Waals surface area (Å²) in [6, 6.07) is 12.4. The molecule has 25 heavy (non-hydrogen) atoms. The molecule has 0 spiro atoms. The van der Waals surface area contributed by atoms with Gasteiger partial charge in [-0.25, -0.2) is 4.79 Å². The zero-order chi connectivity index (χ0) is 17.8. The molecular weight excluding hydrogens is 340 g/mol. The van der Waals surface area contributed by atoms with Crippen LogP contribution in [0.2, 0.25) is 0 Å². The molecule has 1 heterocycles. The van der Waals surface area contributed by atoms with Crippen LogP contribution in [0.4, 0.5) is 11.4 Å². The lowest BCUT2D eigenvalue weighted by atomic mass is 10.2. The number of rotatable bonds is 4. The molecule has 0 atom stereocenters. The quantitative estimate of drug-likeness (QED) is 0.636. The average molecular weight is 358 g/mol. The zero-order valence-electron chi connectivity index (χ0n) is 13.9. The summed E-state index contributed by atoms with van der Waals surface area (Å²) in [5.41, 5.74) is 2.05. The van der Waals surface area contributed by atoms with Crippen molar-refractivity contribution >= 4 is 34.7 Å². The number of hydrogen-bond acceptors (Lipinski definition) is 5. The molecule has 7 heteroatoms. The minimum atomic E-state index is -0.345. The average Bonchev–Trinajstić information content (AvgIpc) is 3.02. The van der Waals surface area contributed by atoms with Crippen molar-refractivity contribution in [3.63, 3.8) is 0 Å². The van der Waals surface area contributed by atoms with Crippen molar-refractivity contribution < 1.29 is 19.0 Å². The van der Waals surface area contributed by atoms with Gasteiger partial charge in [0.2, 0.25) is 6.79 Å². The van der Waals surface area contributed by atoms with Crippen LogP contribution in [0.15, 0.2) is 42.5 Å². The van der Waals surface area contributed by atoms with Crippen LogP contribution >= 0.6 is 12.2 Å². The number of nitrogens with one attached hydrogen (secondary N) is 2. The highest BCUT2D eigenvalue weighted by Crippen LogP contribution is 2.34. The molecule has 0 fully saturated rings. The molecule has 130 valence electrons. The second-order valence-corrected chi connectivity index (χ2v) is 6.09. The monoisotopic (exact) mass is 358 g/mol. The second kappa shape index (κ2) is 7.40. The summed E-state index contributed by atoms with van der Waals surface area (Å²) in [6.07, 6.45) is -0.149. The first-order valence-corrected chi connectivity index (χ1v) is 8.21. The summed E-state index contributed by atoms with van der Waals surface area (Å²) >= 11 is 5.30. The largest absolute Gasteiger partial charge is 0.459 e. The van der Waals surface area contributed by atoms with Crippen LogP contribution in [-0.2, 0) is 4.74 Å². The maximum Gasteiger partial charge on any atom is 0.338 e. The summed E-state index contributed by atoms with van der Waals surface area (Å²) in [6.45, 7) is 3.86. The first kappa shape index (κ1) is 17.0. The molecule has 0 aromatic heterocycles. The normalized spacial score (nSPS) is 12.0. The fourth-order valence-electron chi connectivity index (χ4n) is 2.24. The highest BCUT2D eigenvalue weighted by molar-refractivity contribution is 7.80. The van der Waals surface area contributed by atoms with Crippen LogP contribution in [0.25, 0.3) is 0 Å². The van der Waals surface area contributed by atoms with E-state index in [1.54, 1.807) is 24.3 Å². The fourth-order valence-corrected chi connectivity index (χ4v) is 2.48. The van der Waals surface area contributed by atoms with Gasteiger partial charge in [-0.1, -0.05) is 0 Å². The van der Waals surface area contributed by atoms with E-state index >= 15 is 0 Å². The van der Waals surface area contributed by atoms with E-state index in [4.69, 9.17) is 26.4 Å². The Morgan fingerprint density at radius 3 is 2.40 bits per heavy atom. The number of thiocarbonyl (C=S) groups is 1. The minimum absolute atomic E-state index is 0.149. The number of carbonyl (C=O) groups is 1. The van der Waals surface area contributed by atoms with E-state index < -0.39 is 0 Å². The highest BCUT2D eigenvalue weighted by Gasteiger charge is 2.13. The van der Waals surface area contributed by atoms with E-state index in [0.717, 1.165) is 11.4 Å². The van der Waals surface area contributed by atoms with Crippen molar-refractivity contribution in [3.05, 3.63) is 48.0 Å². The van der Waals surface area contributed by atoms with E-state index in [-0.39, 0.29) is 18.9 Å². The van der Waals surface area contributed by atoms with Gasteiger partial charge in [-0.3, -0.25) is 0 Å². The third-order valence-corrected chi connectivity index (χ3v) is 3.56. The number of fused-ring (bicyclic) bond motifs is 1. The predicted molar refractivity (Wildman–Crippen MR) is 99.4 cm³/mol. The number of hydrogen-bond donors (Lipinski definition) is 2. The molecule has 2 aromatic rings. The van der Waals surface area contributed by atoms with Gasteiger partial charge in [0.05, 0.1) is 11.7 Å². The van der Waals surface area contributed by atoms with Gasteiger partial charge in [-0.2, -0.15) is 0 Å². The second-order valence-electron chi connectivity index (χ2n) is 5.68. The van der Waals surface area contributed by atoms with E-state index in [2.05, 4.69) is 10.6 Å². The Bertz CT molecular complexity index is 790. The van der Waals surface area contributed by atoms with Crippen molar-refractivity contribution in [1.29, 1.82) is 0 Å². The summed E-state index contributed by atoms with van der Waals surface area (Å²) in [7, 11) is 0. The standard InChI is InChI=1S/C18H18N2O4S/c1-11(2)24-17(21)12-3-5-13(6-4-12)19-18(25)20-14-7-8-15-16(9-14)23-10-22-15/h3-9,11H,10H2,1-2H3,(H2,19,20,25). The number of anilines is 2. The Kier molecular flexibility index (Phi) is 5.04. The van der Waals surface area contributed by atoms with E-state index in [9.17, 15) is 4.79 Å². The van der Waals surface area contributed by atoms with E-state index in [1.807, 2.05) is 32.0 Å². The van der Waals surface area contributed by atoms with Crippen molar-refractivity contribution in [1.82, 2.24) is 0 Å². The Hall–Kier alpha value is -2.80. The van der Waals surface area contributed by atoms with Gasteiger partial charge in [-0.15, -0.1) is 0 Å². The van der Waals surface area contributed by atoms with Gasteiger partial charge in [-0.05, 0) is 62.5 Å². The third-order valence-electron chi connectivity index (χ3n) is 3.35. The smallest absolute Gasteiger partial charge is 0.338 e. The molecule has 2 aromatic carbocycles. The van der Waals surface area contributed by atoms with Crippen molar-refractivity contribution in [2.45, 2.75) is 20.0 Å². The summed E-state index contributed by atoms with van der Waals surface area (Å²) in [4.78, 5) is 11.8. The minimum Gasteiger partial charge on any atom is -0.459 e. The maximum atomic E-state index is 11.8. The van der Waals surface area contributed by atoms with E-state index in [1.165, 1.54) is 0 Å². The predicted octanol–water partition coefficient (Wildman–Crippen LogP) is 3.79. The number of esters is 1. The van der Waals surface area contributed by atoms with Crippen LogP contribution in [0, 0.1) is 0 Å². The molecule has 0 amide bonds. The van der Waals surface area contributed by atoms with Crippen molar-refractivity contribution in [2.24, 2.45) is 0 Å². The SMILES string of the molecule is CC(C)OC(=O)c1ccc(NC(=S)Nc2ccc3c(c2)OCO3)cc1. The Balaban J connectivity index is 1.58. The first-order valence-electron chi connectivity index (χ1n) is 7.80. The Labute approximate surface area is 151 Å². The van der Waals surface area contributed by atoms with Crippen LogP contribution in [0.3, 0.4) is 0 Å². The van der Waals surface area contributed by atoms with Crippen molar-refractivity contribution in [2.75, 3.05) is 17.4 Å². The maximum absolute atomic E-state index is 11.8. The zero-order valence-corrected chi connectivity index (χ0v) is 14.7. The van der Waals surface area contributed by atoms with Gasteiger partial charge in [0.25, 0.3) is 0 Å². The third kappa shape index (κ3) is 4.39. The molecule has 2 N–H and O–H groups in total. The lowest BCUT2D eigenvalue weighted by Crippen LogP contribution is -2.19. The molecule has 0 aliphatic carbocycles. The Morgan fingerprint density at radius 1 is 1.04 bits per heavy atom. The van der Waals surface area contributed by atoms with Gasteiger partial charge < -0.3 is 24.8 Å². The molecule has 1 aliphatic rings. The highest BCUT2D eigenvalue weighted by atomic mass is 32.1. The van der Waals surface area contributed by atoms with Crippen LogP contribution in [0.1, 0.15) is 24.2 Å². The number of ether oxygens (including phenoxy) is 3. The Morgan fingerprint density at radius 2 is 1.68 bits per heavy atom. The lowest BCUT2D eigenvalue weighted by molar-refractivity contribution is 0.0378. The molecular formula is C18H18N2O4S. The molecule has 0 bridgehead atoms. The molecule has 0 unspecified atom stereocenters. The summed E-state index contributed by atoms with van der Waals surface area (Å²) in [5, 5.41) is 6.57. The molecule has 0 saturated carbocycles. The van der Waals surface area contributed by atoms with Gasteiger partial charge in [0.15, 0.2) is 16.6 Å². The molecule has 6 nitrogen and oxygen atoms in total. The van der Waals surface area contributed by atoms with Crippen LogP contribution < -0.4 is 20.1 Å². The fraction of sp³-hybridized carbons (Fsp3) is 0.222. The lowest BCUT2D eigenvalue weighted by Gasteiger charge is -2.12. The van der Waals surface area contributed by atoms with Gasteiger partial charge >= 0.3 is 5.97 Å². The molecule has 0 radical (unpaired) electrons. The van der Waals surface area contributed by atoms with Crippen molar-refractivity contribution in [3.8, 4) is 11.5 Å².